The number of carbonyl (C=O) groups excluding carboxylic acids is 1. The second-order valence-electron chi connectivity index (χ2n) is 4.52. The Labute approximate surface area is 124 Å². The topological polar surface area (TPSA) is 73.8 Å². The molecule has 21 heavy (non-hydrogen) atoms. The molecule has 0 fully saturated rings. The Hall–Kier alpha value is -2.47. The van der Waals surface area contributed by atoms with Crippen LogP contribution in [-0.2, 0) is 0 Å². The Kier molecular flexibility index (Phi) is 3.10. The average molecular weight is 305 g/mol. The lowest BCUT2D eigenvalue weighted by Crippen LogP contribution is -2.12. The summed E-state index contributed by atoms with van der Waals surface area (Å²) in [4.78, 5) is 15.4. The van der Waals surface area contributed by atoms with Crippen LogP contribution in [0, 0.1) is 12.7 Å². The van der Waals surface area contributed by atoms with Crippen LogP contribution in [0.2, 0.25) is 5.02 Å². The van der Waals surface area contributed by atoms with E-state index in [4.69, 9.17) is 17.3 Å². The number of rotatable bonds is 2. The predicted octanol–water partition coefficient (Wildman–Crippen LogP) is 2.62. The summed E-state index contributed by atoms with van der Waals surface area (Å²) in [5.41, 5.74) is 7.70. The molecule has 1 aromatic carbocycles. The SMILES string of the molecule is Cc1nn(-c2ccc(Cl)c(F)c2)c2ccc(C(N)=O)nc12. The van der Waals surface area contributed by atoms with Crippen molar-refractivity contribution >= 4 is 28.5 Å². The number of carbonyl (C=O) groups is 1. The summed E-state index contributed by atoms with van der Waals surface area (Å²) >= 11 is 5.68. The Morgan fingerprint density at radius 2 is 2.10 bits per heavy atom. The maximum absolute atomic E-state index is 13.6. The van der Waals surface area contributed by atoms with Crippen LogP contribution in [0.1, 0.15) is 16.2 Å². The van der Waals surface area contributed by atoms with Gasteiger partial charge >= 0.3 is 0 Å². The number of nitrogens with zero attached hydrogens (tertiary/aromatic N) is 3. The fourth-order valence-electron chi connectivity index (χ4n) is 2.09. The minimum absolute atomic E-state index is 0.0427. The highest BCUT2D eigenvalue weighted by atomic mass is 35.5. The van der Waals surface area contributed by atoms with E-state index in [1.54, 1.807) is 23.7 Å². The molecule has 0 atom stereocenters. The van der Waals surface area contributed by atoms with Gasteiger partial charge in [-0.25, -0.2) is 14.1 Å². The molecule has 0 unspecified atom stereocenters. The molecule has 3 rings (SSSR count). The van der Waals surface area contributed by atoms with Gasteiger partial charge in [0.05, 0.1) is 21.9 Å². The van der Waals surface area contributed by atoms with Gasteiger partial charge in [-0.2, -0.15) is 5.10 Å². The first-order chi connectivity index (χ1) is 9.97. The van der Waals surface area contributed by atoms with Gasteiger partial charge in [-0.15, -0.1) is 0 Å². The first-order valence-corrected chi connectivity index (χ1v) is 6.47. The van der Waals surface area contributed by atoms with Gasteiger partial charge in [-0.3, -0.25) is 4.79 Å². The standard InChI is InChI=1S/C14H10ClFN4O/c1-7-13-12(5-4-11(18-13)14(17)21)20(19-7)8-2-3-9(15)10(16)6-8/h2-6H,1H3,(H2,17,21). The number of fused-ring (bicyclic) bond motifs is 1. The van der Waals surface area contributed by atoms with E-state index in [9.17, 15) is 9.18 Å². The van der Waals surface area contributed by atoms with Crippen LogP contribution in [0.3, 0.4) is 0 Å². The molecule has 0 aliphatic carbocycles. The maximum Gasteiger partial charge on any atom is 0.267 e. The molecule has 0 aliphatic rings. The van der Waals surface area contributed by atoms with Crippen molar-refractivity contribution in [1.82, 2.24) is 14.8 Å². The van der Waals surface area contributed by atoms with Crippen LogP contribution in [0.15, 0.2) is 30.3 Å². The Balaban J connectivity index is 2.24. The fourth-order valence-corrected chi connectivity index (χ4v) is 2.21. The van der Waals surface area contributed by atoms with Gasteiger partial charge in [0.15, 0.2) is 0 Å². The molecular weight excluding hydrogens is 295 g/mol. The van der Waals surface area contributed by atoms with Gasteiger partial charge in [-0.1, -0.05) is 11.6 Å². The third-order valence-corrected chi connectivity index (χ3v) is 3.40. The third-order valence-electron chi connectivity index (χ3n) is 3.10. The third kappa shape index (κ3) is 2.23. The first-order valence-electron chi connectivity index (χ1n) is 6.09. The predicted molar refractivity (Wildman–Crippen MR) is 77.1 cm³/mol. The summed E-state index contributed by atoms with van der Waals surface area (Å²) in [6.45, 7) is 1.75. The van der Waals surface area contributed by atoms with Crippen molar-refractivity contribution in [3.63, 3.8) is 0 Å². The van der Waals surface area contributed by atoms with Crippen LogP contribution < -0.4 is 5.73 Å². The summed E-state index contributed by atoms with van der Waals surface area (Å²) < 4.78 is 15.1. The number of nitrogens with two attached hydrogens (primary N) is 1. The number of halogens is 2. The van der Waals surface area contributed by atoms with Crippen molar-refractivity contribution in [1.29, 1.82) is 0 Å². The molecule has 2 N–H and O–H groups in total. The zero-order valence-electron chi connectivity index (χ0n) is 11.0. The number of aryl methyl sites for hydroxylation is 1. The monoisotopic (exact) mass is 304 g/mol. The number of hydrogen-bond acceptors (Lipinski definition) is 3. The average Bonchev–Trinajstić information content (AvgIpc) is 2.79. The van der Waals surface area contributed by atoms with E-state index >= 15 is 0 Å². The lowest BCUT2D eigenvalue weighted by Gasteiger charge is -2.04. The summed E-state index contributed by atoms with van der Waals surface area (Å²) in [6.07, 6.45) is 0. The zero-order valence-corrected chi connectivity index (χ0v) is 11.7. The van der Waals surface area contributed by atoms with Gasteiger partial charge in [0, 0.05) is 6.07 Å². The molecule has 0 aliphatic heterocycles. The van der Waals surface area contributed by atoms with Crippen molar-refractivity contribution in [3.05, 3.63) is 52.6 Å². The second-order valence-corrected chi connectivity index (χ2v) is 4.93. The molecule has 0 saturated heterocycles. The van der Waals surface area contributed by atoms with Gasteiger partial charge in [0.1, 0.15) is 17.0 Å². The molecule has 2 aromatic heterocycles. The van der Waals surface area contributed by atoms with E-state index in [2.05, 4.69) is 10.1 Å². The second kappa shape index (κ2) is 4.82. The molecule has 0 bridgehead atoms. The first kappa shape index (κ1) is 13.5. The van der Waals surface area contributed by atoms with Crippen LogP contribution in [0.4, 0.5) is 4.39 Å². The lowest BCUT2D eigenvalue weighted by molar-refractivity contribution is 0.0996. The van der Waals surface area contributed by atoms with E-state index in [-0.39, 0.29) is 10.7 Å². The Morgan fingerprint density at radius 1 is 1.33 bits per heavy atom. The molecule has 0 saturated carbocycles. The molecule has 7 heteroatoms. The van der Waals surface area contributed by atoms with E-state index in [0.29, 0.717) is 22.4 Å². The van der Waals surface area contributed by atoms with Crippen LogP contribution in [0.25, 0.3) is 16.7 Å². The van der Waals surface area contributed by atoms with Crippen molar-refractivity contribution in [2.24, 2.45) is 5.73 Å². The van der Waals surface area contributed by atoms with Crippen molar-refractivity contribution in [2.75, 3.05) is 0 Å². The maximum atomic E-state index is 13.6. The van der Waals surface area contributed by atoms with E-state index in [1.807, 2.05) is 0 Å². The molecule has 2 heterocycles. The number of primary amides is 1. The molecule has 3 aromatic rings. The normalized spacial score (nSPS) is 11.0. The summed E-state index contributed by atoms with van der Waals surface area (Å²) in [7, 11) is 0. The molecule has 106 valence electrons. The van der Waals surface area contributed by atoms with Gasteiger partial charge < -0.3 is 5.73 Å². The molecule has 0 spiro atoms. The summed E-state index contributed by atoms with van der Waals surface area (Å²) in [6, 6.07) is 7.58. The minimum Gasteiger partial charge on any atom is -0.364 e. The van der Waals surface area contributed by atoms with Crippen molar-refractivity contribution in [3.8, 4) is 5.69 Å². The molecule has 1 amide bonds. The Morgan fingerprint density at radius 3 is 2.76 bits per heavy atom. The number of pyridine rings is 1. The molecular formula is C14H10ClFN4O. The number of hydrogen-bond donors (Lipinski definition) is 1. The van der Waals surface area contributed by atoms with Gasteiger partial charge in [-0.05, 0) is 31.2 Å². The highest BCUT2D eigenvalue weighted by molar-refractivity contribution is 6.30. The Bertz CT molecular complexity index is 875. The summed E-state index contributed by atoms with van der Waals surface area (Å²) in [5.74, 6) is -1.14. The molecule has 0 radical (unpaired) electrons. The summed E-state index contributed by atoms with van der Waals surface area (Å²) in [5, 5.41) is 4.37. The smallest absolute Gasteiger partial charge is 0.267 e. The van der Waals surface area contributed by atoms with Crippen molar-refractivity contribution in [2.45, 2.75) is 6.92 Å². The van der Waals surface area contributed by atoms with Gasteiger partial charge in [0.25, 0.3) is 5.91 Å². The number of amides is 1. The van der Waals surface area contributed by atoms with Crippen LogP contribution >= 0.6 is 11.6 Å². The van der Waals surface area contributed by atoms with E-state index in [1.165, 1.54) is 18.2 Å². The highest BCUT2D eigenvalue weighted by Gasteiger charge is 2.13. The highest BCUT2D eigenvalue weighted by Crippen LogP contribution is 2.23. The van der Waals surface area contributed by atoms with Gasteiger partial charge in [0.2, 0.25) is 0 Å². The molecule has 5 nitrogen and oxygen atoms in total. The van der Waals surface area contributed by atoms with Crippen LogP contribution in [-0.4, -0.2) is 20.7 Å². The zero-order chi connectivity index (χ0) is 15.1. The van der Waals surface area contributed by atoms with E-state index in [0.717, 1.165) is 0 Å². The largest absolute Gasteiger partial charge is 0.364 e. The van der Waals surface area contributed by atoms with Crippen molar-refractivity contribution < 1.29 is 9.18 Å². The lowest BCUT2D eigenvalue weighted by atomic mass is 10.2. The number of aromatic nitrogens is 3. The fraction of sp³-hybridized carbons (Fsp3) is 0.0714. The van der Waals surface area contributed by atoms with Crippen LogP contribution in [0.5, 0.6) is 0 Å². The minimum atomic E-state index is -0.610. The quantitative estimate of drug-likeness (QED) is 0.791. The van der Waals surface area contributed by atoms with E-state index < -0.39 is 11.7 Å². The number of benzene rings is 1.